The van der Waals surface area contributed by atoms with E-state index in [2.05, 4.69) is 11.8 Å². The lowest BCUT2D eigenvalue weighted by atomic mass is 10.1. The second-order valence-corrected chi connectivity index (χ2v) is 6.54. The molecule has 3 rings (SSSR count). The quantitative estimate of drug-likeness (QED) is 0.434. The van der Waals surface area contributed by atoms with Crippen molar-refractivity contribution in [3.63, 3.8) is 0 Å². The number of carboxylic acids is 1. The Bertz CT molecular complexity index is 999. The van der Waals surface area contributed by atoms with Gasteiger partial charge in [0.1, 0.15) is 17.2 Å². The van der Waals surface area contributed by atoms with Crippen LogP contribution in [0.25, 0.3) is 0 Å². The van der Waals surface area contributed by atoms with Gasteiger partial charge >= 0.3 is 5.97 Å². The number of hydrogen-bond donors (Lipinski definition) is 2. The van der Waals surface area contributed by atoms with Crippen LogP contribution >= 0.6 is 0 Å². The standard InChI is InChI=1S/C25H22O5/c26-24(25(27)28)18-20-11-9-19(10-12-20)6-4-5-17-29-21-13-15-23(16-14-21)30-22-7-2-1-3-8-22/h1-3,7-16,24,26H,5,17-18H2,(H,27,28)/t24-/m0/s1. The van der Waals surface area contributed by atoms with Crippen molar-refractivity contribution in [1.29, 1.82) is 0 Å². The van der Waals surface area contributed by atoms with Gasteiger partial charge in [0.05, 0.1) is 6.61 Å². The smallest absolute Gasteiger partial charge is 0.332 e. The Hall–Kier alpha value is -3.75. The zero-order valence-corrected chi connectivity index (χ0v) is 16.3. The van der Waals surface area contributed by atoms with E-state index in [0.29, 0.717) is 13.0 Å². The molecule has 5 heteroatoms. The minimum Gasteiger partial charge on any atom is -0.493 e. The number of aliphatic hydroxyl groups is 1. The first-order chi connectivity index (χ1) is 14.6. The first-order valence-corrected chi connectivity index (χ1v) is 9.54. The van der Waals surface area contributed by atoms with Crippen molar-refractivity contribution in [3.8, 4) is 29.1 Å². The van der Waals surface area contributed by atoms with Gasteiger partial charge in [0.25, 0.3) is 0 Å². The number of ether oxygens (including phenoxy) is 2. The van der Waals surface area contributed by atoms with Gasteiger partial charge in [-0.3, -0.25) is 0 Å². The Morgan fingerprint density at radius 2 is 1.50 bits per heavy atom. The molecule has 0 saturated carbocycles. The monoisotopic (exact) mass is 402 g/mol. The topological polar surface area (TPSA) is 76.0 Å². The summed E-state index contributed by atoms with van der Waals surface area (Å²) in [4.78, 5) is 10.7. The molecular formula is C25H22O5. The number of aliphatic hydroxyl groups excluding tert-OH is 1. The molecule has 152 valence electrons. The van der Waals surface area contributed by atoms with E-state index in [9.17, 15) is 9.90 Å². The highest BCUT2D eigenvalue weighted by Crippen LogP contribution is 2.23. The van der Waals surface area contributed by atoms with Gasteiger partial charge in [-0.2, -0.15) is 0 Å². The van der Waals surface area contributed by atoms with Crippen molar-refractivity contribution in [1.82, 2.24) is 0 Å². The third kappa shape index (κ3) is 6.69. The van der Waals surface area contributed by atoms with Gasteiger partial charge in [-0.25, -0.2) is 4.79 Å². The number of para-hydroxylation sites is 1. The Morgan fingerprint density at radius 1 is 0.867 bits per heavy atom. The maximum atomic E-state index is 10.7. The third-order valence-electron chi connectivity index (χ3n) is 4.20. The van der Waals surface area contributed by atoms with Crippen LogP contribution in [0.3, 0.4) is 0 Å². The molecule has 0 saturated heterocycles. The van der Waals surface area contributed by atoms with Crippen molar-refractivity contribution in [2.45, 2.75) is 18.9 Å². The molecule has 0 amide bonds. The minimum atomic E-state index is -1.39. The Kier molecular flexibility index (Phi) is 7.48. The van der Waals surface area contributed by atoms with Gasteiger partial charge < -0.3 is 19.7 Å². The molecule has 0 aliphatic rings. The van der Waals surface area contributed by atoms with E-state index in [1.165, 1.54) is 0 Å². The lowest BCUT2D eigenvalue weighted by molar-refractivity contribution is -0.146. The summed E-state index contributed by atoms with van der Waals surface area (Å²) in [7, 11) is 0. The normalized spacial score (nSPS) is 11.1. The third-order valence-corrected chi connectivity index (χ3v) is 4.20. The fourth-order valence-corrected chi connectivity index (χ4v) is 2.65. The molecule has 2 N–H and O–H groups in total. The number of rotatable bonds is 8. The van der Waals surface area contributed by atoms with Crippen molar-refractivity contribution in [2.75, 3.05) is 6.61 Å². The molecular weight excluding hydrogens is 380 g/mol. The molecule has 1 atom stereocenters. The zero-order valence-electron chi connectivity index (χ0n) is 16.3. The van der Waals surface area contributed by atoms with E-state index in [4.69, 9.17) is 14.6 Å². The molecule has 0 radical (unpaired) electrons. The highest BCUT2D eigenvalue weighted by molar-refractivity contribution is 5.72. The van der Waals surface area contributed by atoms with Crippen LogP contribution < -0.4 is 9.47 Å². The molecule has 0 aliphatic carbocycles. The summed E-state index contributed by atoms with van der Waals surface area (Å²) in [6, 6.07) is 24.2. The van der Waals surface area contributed by atoms with Crippen LogP contribution in [0.1, 0.15) is 17.5 Å². The van der Waals surface area contributed by atoms with E-state index in [1.54, 1.807) is 12.1 Å². The lowest BCUT2D eigenvalue weighted by Crippen LogP contribution is -2.21. The van der Waals surface area contributed by atoms with Crippen LogP contribution in [-0.4, -0.2) is 28.9 Å². The van der Waals surface area contributed by atoms with E-state index >= 15 is 0 Å². The van der Waals surface area contributed by atoms with E-state index < -0.39 is 12.1 Å². The van der Waals surface area contributed by atoms with Gasteiger partial charge in [-0.05, 0) is 54.1 Å². The number of carbonyl (C=O) groups is 1. The summed E-state index contributed by atoms with van der Waals surface area (Å²) < 4.78 is 11.4. The van der Waals surface area contributed by atoms with Crippen molar-refractivity contribution in [2.24, 2.45) is 0 Å². The summed E-state index contributed by atoms with van der Waals surface area (Å²) in [5.74, 6) is 7.14. The van der Waals surface area contributed by atoms with Crippen LogP contribution in [0.2, 0.25) is 0 Å². The molecule has 0 unspecified atom stereocenters. The van der Waals surface area contributed by atoms with Crippen molar-refractivity contribution >= 4 is 5.97 Å². The summed E-state index contributed by atoms with van der Waals surface area (Å²) in [5, 5.41) is 18.1. The maximum absolute atomic E-state index is 10.7. The molecule has 0 spiro atoms. The molecule has 0 heterocycles. The fraction of sp³-hybridized carbons (Fsp3) is 0.160. The lowest BCUT2D eigenvalue weighted by Gasteiger charge is -2.07. The zero-order chi connectivity index (χ0) is 21.2. The Balaban J connectivity index is 1.42. The van der Waals surface area contributed by atoms with Gasteiger partial charge in [0, 0.05) is 18.4 Å². The molecule has 0 aromatic heterocycles. The predicted octanol–water partition coefficient (Wildman–Crippen LogP) is 4.29. The second-order valence-electron chi connectivity index (χ2n) is 6.54. The first-order valence-electron chi connectivity index (χ1n) is 9.54. The molecule has 0 aliphatic heterocycles. The number of carboxylic acid groups (broad SMARTS) is 1. The molecule has 3 aromatic carbocycles. The van der Waals surface area contributed by atoms with Crippen LogP contribution in [-0.2, 0) is 11.2 Å². The first kappa shape index (κ1) is 21.0. The number of hydrogen-bond acceptors (Lipinski definition) is 4. The summed E-state index contributed by atoms with van der Waals surface area (Å²) in [5.41, 5.74) is 1.57. The van der Waals surface area contributed by atoms with Crippen molar-refractivity contribution < 1.29 is 24.5 Å². The molecule has 30 heavy (non-hydrogen) atoms. The van der Waals surface area contributed by atoms with Crippen LogP contribution in [0, 0.1) is 11.8 Å². The highest BCUT2D eigenvalue weighted by Gasteiger charge is 2.13. The largest absolute Gasteiger partial charge is 0.493 e. The van der Waals surface area contributed by atoms with Crippen LogP contribution in [0.15, 0.2) is 78.9 Å². The Labute approximate surface area is 175 Å². The van der Waals surface area contributed by atoms with E-state index in [-0.39, 0.29) is 6.42 Å². The van der Waals surface area contributed by atoms with Gasteiger partial charge in [-0.15, -0.1) is 0 Å². The summed E-state index contributed by atoms with van der Waals surface area (Å²) in [6.45, 7) is 0.467. The minimum absolute atomic E-state index is 0.0755. The average molecular weight is 402 g/mol. The fourth-order valence-electron chi connectivity index (χ4n) is 2.65. The van der Waals surface area contributed by atoms with E-state index in [1.807, 2.05) is 66.7 Å². The Morgan fingerprint density at radius 3 is 2.17 bits per heavy atom. The summed E-state index contributed by atoms with van der Waals surface area (Å²) >= 11 is 0. The molecule has 3 aromatic rings. The molecule has 0 fully saturated rings. The van der Waals surface area contributed by atoms with Crippen molar-refractivity contribution in [3.05, 3.63) is 90.0 Å². The second kappa shape index (κ2) is 10.7. The summed E-state index contributed by atoms with van der Waals surface area (Å²) in [6.07, 6.45) is -0.744. The van der Waals surface area contributed by atoms with Gasteiger partial charge in [0.2, 0.25) is 0 Å². The number of benzene rings is 3. The predicted molar refractivity (Wildman–Crippen MR) is 114 cm³/mol. The maximum Gasteiger partial charge on any atom is 0.332 e. The SMILES string of the molecule is O=C(O)[C@@H](O)Cc1ccc(C#CCCOc2ccc(Oc3ccccc3)cc2)cc1. The van der Waals surface area contributed by atoms with Gasteiger partial charge in [0.15, 0.2) is 6.10 Å². The highest BCUT2D eigenvalue weighted by atomic mass is 16.5. The van der Waals surface area contributed by atoms with Crippen LogP contribution in [0.4, 0.5) is 0 Å². The van der Waals surface area contributed by atoms with E-state index in [0.717, 1.165) is 28.4 Å². The van der Waals surface area contributed by atoms with Crippen LogP contribution in [0.5, 0.6) is 17.2 Å². The van der Waals surface area contributed by atoms with Gasteiger partial charge in [-0.1, -0.05) is 42.2 Å². The molecule has 5 nitrogen and oxygen atoms in total. The number of aliphatic carboxylic acids is 1. The molecule has 0 bridgehead atoms. The average Bonchev–Trinajstić information content (AvgIpc) is 2.76.